The second kappa shape index (κ2) is 7.58. The molecule has 1 unspecified atom stereocenters. The van der Waals surface area contributed by atoms with Gasteiger partial charge in [-0.25, -0.2) is 9.97 Å². The number of carbonyl (C=O) groups excluding carboxylic acids is 1. The van der Waals surface area contributed by atoms with E-state index >= 15 is 0 Å². The molecule has 2 saturated heterocycles. The molecule has 4 heterocycles. The van der Waals surface area contributed by atoms with Crippen LogP contribution < -0.4 is 15.1 Å². The maximum Gasteiger partial charge on any atom is 0.247 e. The van der Waals surface area contributed by atoms with Crippen LogP contribution in [0.2, 0.25) is 0 Å². The average molecular weight is 404 g/mol. The normalized spacial score (nSPS) is 24.0. The predicted molar refractivity (Wildman–Crippen MR) is 113 cm³/mol. The lowest BCUT2D eigenvalue weighted by Gasteiger charge is -2.28. The predicted octanol–water partition coefficient (Wildman–Crippen LogP) is 2.71. The van der Waals surface area contributed by atoms with Crippen LogP contribution in [0.4, 0.5) is 23.0 Å². The molecule has 0 aromatic carbocycles. The highest BCUT2D eigenvalue weighted by atomic mass is 16.5. The first-order valence-electron chi connectivity index (χ1n) is 10.4. The van der Waals surface area contributed by atoms with Gasteiger partial charge in [-0.3, -0.25) is 4.79 Å². The number of anilines is 4. The van der Waals surface area contributed by atoms with Crippen molar-refractivity contribution >= 4 is 28.9 Å². The Morgan fingerprint density at radius 2 is 1.93 bits per heavy atom. The van der Waals surface area contributed by atoms with Gasteiger partial charge in [0.05, 0.1) is 31.2 Å². The van der Waals surface area contributed by atoms with E-state index in [-0.39, 0.29) is 11.8 Å². The van der Waals surface area contributed by atoms with Gasteiger partial charge in [-0.05, 0) is 43.4 Å². The van der Waals surface area contributed by atoms with Crippen molar-refractivity contribution in [3.05, 3.63) is 36.7 Å². The summed E-state index contributed by atoms with van der Waals surface area (Å²) in [6.45, 7) is 3.78. The fourth-order valence-electron chi connectivity index (χ4n) is 4.39. The summed E-state index contributed by atoms with van der Waals surface area (Å²) in [6.07, 6.45) is 6.07. The summed E-state index contributed by atoms with van der Waals surface area (Å²) in [7, 11) is 0. The van der Waals surface area contributed by atoms with E-state index < -0.39 is 5.41 Å². The van der Waals surface area contributed by atoms with Crippen LogP contribution in [-0.4, -0.2) is 48.7 Å². The van der Waals surface area contributed by atoms with Crippen molar-refractivity contribution in [1.82, 2.24) is 9.97 Å². The molecule has 0 spiro atoms. The van der Waals surface area contributed by atoms with Crippen LogP contribution in [0.25, 0.3) is 0 Å². The van der Waals surface area contributed by atoms with Gasteiger partial charge in [-0.15, -0.1) is 0 Å². The van der Waals surface area contributed by atoms with Gasteiger partial charge in [0.25, 0.3) is 0 Å². The maximum atomic E-state index is 13.0. The molecule has 30 heavy (non-hydrogen) atoms. The molecule has 1 amide bonds. The average Bonchev–Trinajstić information content (AvgIpc) is 3.59. The molecule has 8 nitrogen and oxygen atoms in total. The van der Waals surface area contributed by atoms with E-state index in [0.717, 1.165) is 50.5 Å². The number of ether oxygens (including phenoxy) is 1. The number of hydrogen-bond donors (Lipinski definition) is 1. The highest BCUT2D eigenvalue weighted by Crippen LogP contribution is 2.51. The van der Waals surface area contributed by atoms with Crippen LogP contribution in [0, 0.1) is 22.7 Å². The second-order valence-corrected chi connectivity index (χ2v) is 8.09. The number of amides is 1. The number of pyridine rings is 2. The molecule has 0 radical (unpaired) electrons. The smallest absolute Gasteiger partial charge is 0.247 e. The number of nitrogens with one attached hydrogen (secondary N) is 1. The molecule has 2 aromatic rings. The summed E-state index contributed by atoms with van der Waals surface area (Å²) in [4.78, 5) is 25.9. The Hall–Kier alpha value is -3.18. The summed E-state index contributed by atoms with van der Waals surface area (Å²) in [6, 6.07) is 9.95. The Morgan fingerprint density at radius 3 is 2.63 bits per heavy atom. The van der Waals surface area contributed by atoms with Crippen LogP contribution in [-0.2, 0) is 9.53 Å². The molecule has 1 atom stereocenters. The van der Waals surface area contributed by atoms with Crippen molar-refractivity contribution in [2.75, 3.05) is 48.0 Å². The second-order valence-electron chi connectivity index (χ2n) is 8.09. The molecule has 2 aromatic heterocycles. The first-order chi connectivity index (χ1) is 14.7. The lowest BCUT2D eigenvalue weighted by atomic mass is 9.83. The third-order valence-electron chi connectivity index (χ3n) is 6.27. The van der Waals surface area contributed by atoms with Crippen LogP contribution >= 0.6 is 0 Å². The van der Waals surface area contributed by atoms with E-state index in [2.05, 4.69) is 26.3 Å². The van der Waals surface area contributed by atoms with Crippen molar-refractivity contribution in [1.29, 1.82) is 5.26 Å². The topological polar surface area (TPSA) is 94.4 Å². The zero-order chi connectivity index (χ0) is 20.6. The summed E-state index contributed by atoms with van der Waals surface area (Å²) >= 11 is 0. The quantitative estimate of drug-likeness (QED) is 0.819. The largest absolute Gasteiger partial charge is 0.378 e. The van der Waals surface area contributed by atoms with Crippen molar-refractivity contribution in [3.63, 3.8) is 0 Å². The van der Waals surface area contributed by atoms with E-state index in [1.807, 2.05) is 30.5 Å². The summed E-state index contributed by atoms with van der Waals surface area (Å²) in [5.41, 5.74) is 0.995. The minimum Gasteiger partial charge on any atom is -0.378 e. The SMILES string of the molecule is N#CC1(C2CC2)CCN(c2ccnc(Nc3ccc(N4CCOCC4)cn3)c2)C1=O. The van der Waals surface area contributed by atoms with Gasteiger partial charge in [0.15, 0.2) is 0 Å². The summed E-state index contributed by atoms with van der Waals surface area (Å²) in [5.74, 6) is 1.45. The molecular formula is C22H24N6O2. The third-order valence-corrected chi connectivity index (χ3v) is 6.27. The number of aromatic nitrogens is 2. The van der Waals surface area contributed by atoms with Gasteiger partial charge >= 0.3 is 0 Å². The van der Waals surface area contributed by atoms with Gasteiger partial charge in [-0.1, -0.05) is 0 Å². The van der Waals surface area contributed by atoms with E-state index in [1.165, 1.54) is 0 Å². The Morgan fingerprint density at radius 1 is 1.10 bits per heavy atom. The van der Waals surface area contributed by atoms with E-state index in [4.69, 9.17) is 4.74 Å². The first kappa shape index (κ1) is 18.8. The van der Waals surface area contributed by atoms with Crippen LogP contribution in [0.1, 0.15) is 19.3 Å². The van der Waals surface area contributed by atoms with Crippen molar-refractivity contribution < 1.29 is 9.53 Å². The standard InChI is InChI=1S/C22H24N6O2/c23-15-22(16-1-2-16)6-8-28(21(22)29)17-5-7-24-20(13-17)26-19-4-3-18(14-25-19)27-9-11-30-12-10-27/h3-5,7,13-14,16H,1-2,6,8-12H2,(H,24,25,26). The van der Waals surface area contributed by atoms with Crippen LogP contribution in [0.3, 0.4) is 0 Å². The zero-order valence-electron chi connectivity index (χ0n) is 16.8. The zero-order valence-corrected chi connectivity index (χ0v) is 16.8. The number of nitriles is 1. The Kier molecular flexibility index (Phi) is 4.75. The molecule has 3 fully saturated rings. The Bertz CT molecular complexity index is 978. The lowest BCUT2D eigenvalue weighted by molar-refractivity contribution is -0.123. The van der Waals surface area contributed by atoms with Crippen molar-refractivity contribution in [3.8, 4) is 6.07 Å². The lowest BCUT2D eigenvalue weighted by Crippen LogP contribution is -2.36. The first-order valence-corrected chi connectivity index (χ1v) is 10.4. The highest BCUT2D eigenvalue weighted by molar-refractivity contribution is 6.02. The number of carbonyl (C=O) groups is 1. The van der Waals surface area contributed by atoms with E-state index in [1.54, 1.807) is 11.1 Å². The molecule has 0 bridgehead atoms. The summed E-state index contributed by atoms with van der Waals surface area (Å²) < 4.78 is 5.39. The number of nitrogens with zero attached hydrogens (tertiary/aromatic N) is 5. The molecule has 1 N–H and O–H groups in total. The molecular weight excluding hydrogens is 380 g/mol. The number of rotatable bonds is 5. The van der Waals surface area contributed by atoms with Crippen LogP contribution in [0.15, 0.2) is 36.7 Å². The van der Waals surface area contributed by atoms with Gasteiger partial charge < -0.3 is 19.9 Å². The van der Waals surface area contributed by atoms with E-state index in [9.17, 15) is 10.1 Å². The molecule has 1 saturated carbocycles. The molecule has 2 aliphatic heterocycles. The minimum absolute atomic E-state index is 0.0716. The molecule has 1 aliphatic carbocycles. The molecule has 3 aliphatic rings. The highest BCUT2D eigenvalue weighted by Gasteiger charge is 2.56. The fraction of sp³-hybridized carbons (Fsp3) is 0.455. The van der Waals surface area contributed by atoms with Gasteiger partial charge in [0.2, 0.25) is 5.91 Å². The molecule has 5 rings (SSSR count). The number of morpholine rings is 1. The Labute approximate surface area is 175 Å². The van der Waals surface area contributed by atoms with Gasteiger partial charge in [-0.2, -0.15) is 5.26 Å². The van der Waals surface area contributed by atoms with Gasteiger partial charge in [0, 0.05) is 37.6 Å². The van der Waals surface area contributed by atoms with Crippen molar-refractivity contribution in [2.24, 2.45) is 11.3 Å². The minimum atomic E-state index is -0.840. The number of hydrogen-bond acceptors (Lipinski definition) is 7. The maximum absolute atomic E-state index is 13.0. The molecule has 8 heteroatoms. The Balaban J connectivity index is 1.30. The summed E-state index contributed by atoms with van der Waals surface area (Å²) in [5, 5.41) is 12.9. The van der Waals surface area contributed by atoms with E-state index in [0.29, 0.717) is 24.6 Å². The van der Waals surface area contributed by atoms with Crippen LogP contribution in [0.5, 0.6) is 0 Å². The monoisotopic (exact) mass is 404 g/mol. The fourth-order valence-corrected chi connectivity index (χ4v) is 4.39. The van der Waals surface area contributed by atoms with Gasteiger partial charge in [0.1, 0.15) is 17.1 Å². The molecule has 154 valence electrons. The third kappa shape index (κ3) is 3.35. The van der Waals surface area contributed by atoms with Crippen molar-refractivity contribution in [2.45, 2.75) is 19.3 Å².